The van der Waals surface area contributed by atoms with E-state index in [0.717, 1.165) is 0 Å². The number of anilines is 1. The lowest BCUT2D eigenvalue weighted by Gasteiger charge is -2.08. The number of nitrogens with zero attached hydrogens (tertiary/aromatic N) is 2. The molecule has 0 aliphatic carbocycles. The third-order valence-corrected chi connectivity index (χ3v) is 5.26. The first kappa shape index (κ1) is 20.2. The van der Waals surface area contributed by atoms with Gasteiger partial charge in [0, 0.05) is 17.7 Å². The molecule has 0 bridgehead atoms. The second-order valence-electron chi connectivity index (χ2n) is 5.97. The SMILES string of the molecule is C=CCNS(=O)(=O)c1cccc(C(=O)Nc2cnc(-c3cccc(O)c3)nc2)c1. The van der Waals surface area contributed by atoms with Crippen molar-refractivity contribution in [3.63, 3.8) is 0 Å². The Hall–Kier alpha value is -3.56. The molecule has 0 fully saturated rings. The van der Waals surface area contributed by atoms with E-state index in [1.54, 1.807) is 18.2 Å². The summed E-state index contributed by atoms with van der Waals surface area (Å²) < 4.78 is 26.7. The molecule has 1 amide bonds. The van der Waals surface area contributed by atoms with Crippen LogP contribution in [0.1, 0.15) is 10.4 Å². The van der Waals surface area contributed by atoms with Gasteiger partial charge >= 0.3 is 0 Å². The fourth-order valence-corrected chi connectivity index (χ4v) is 3.49. The van der Waals surface area contributed by atoms with Gasteiger partial charge in [-0.25, -0.2) is 23.1 Å². The van der Waals surface area contributed by atoms with E-state index >= 15 is 0 Å². The summed E-state index contributed by atoms with van der Waals surface area (Å²) in [4.78, 5) is 20.8. The highest BCUT2D eigenvalue weighted by Gasteiger charge is 2.15. The van der Waals surface area contributed by atoms with Crippen molar-refractivity contribution >= 4 is 21.6 Å². The standard InChI is InChI=1S/C20H18N4O4S/c1-2-9-23-29(27,28)18-8-4-6-15(11-18)20(26)24-16-12-21-19(22-13-16)14-5-3-7-17(25)10-14/h2-8,10-13,23,25H,1,9H2,(H,24,26). The number of aromatic nitrogens is 2. The number of amides is 1. The normalized spacial score (nSPS) is 11.0. The largest absolute Gasteiger partial charge is 0.508 e. The van der Waals surface area contributed by atoms with E-state index in [1.165, 1.54) is 48.8 Å². The molecular weight excluding hydrogens is 392 g/mol. The molecule has 0 aliphatic heterocycles. The van der Waals surface area contributed by atoms with Crippen molar-refractivity contribution in [3.8, 4) is 17.1 Å². The summed E-state index contributed by atoms with van der Waals surface area (Å²) in [5.41, 5.74) is 1.15. The van der Waals surface area contributed by atoms with Gasteiger partial charge in [0.2, 0.25) is 10.0 Å². The second-order valence-corrected chi connectivity index (χ2v) is 7.74. The molecule has 9 heteroatoms. The van der Waals surface area contributed by atoms with Gasteiger partial charge in [0.05, 0.1) is 23.0 Å². The lowest BCUT2D eigenvalue weighted by atomic mass is 10.2. The van der Waals surface area contributed by atoms with Crippen LogP contribution in [0.15, 0.2) is 78.5 Å². The smallest absolute Gasteiger partial charge is 0.255 e. The van der Waals surface area contributed by atoms with E-state index in [2.05, 4.69) is 26.6 Å². The Kier molecular flexibility index (Phi) is 6.01. The predicted octanol–water partition coefficient (Wildman–Crippen LogP) is 2.57. The molecule has 1 aromatic heterocycles. The summed E-state index contributed by atoms with van der Waals surface area (Å²) in [5, 5.41) is 12.2. The molecule has 3 rings (SSSR count). The average molecular weight is 410 g/mol. The highest BCUT2D eigenvalue weighted by Crippen LogP contribution is 2.20. The number of rotatable bonds is 7. The molecule has 8 nitrogen and oxygen atoms in total. The van der Waals surface area contributed by atoms with Gasteiger partial charge in [-0.15, -0.1) is 6.58 Å². The van der Waals surface area contributed by atoms with Crippen LogP contribution in [0.2, 0.25) is 0 Å². The van der Waals surface area contributed by atoms with Gasteiger partial charge in [-0.05, 0) is 30.3 Å². The van der Waals surface area contributed by atoms with Gasteiger partial charge < -0.3 is 10.4 Å². The summed E-state index contributed by atoms with van der Waals surface area (Å²) in [6.07, 6.45) is 4.28. The summed E-state index contributed by atoms with van der Waals surface area (Å²) >= 11 is 0. The minimum atomic E-state index is -3.74. The quantitative estimate of drug-likeness (QED) is 0.515. The number of aromatic hydroxyl groups is 1. The van der Waals surface area contributed by atoms with Crippen molar-refractivity contribution in [1.82, 2.24) is 14.7 Å². The first-order chi connectivity index (χ1) is 13.9. The van der Waals surface area contributed by atoms with E-state index in [9.17, 15) is 18.3 Å². The Balaban J connectivity index is 1.75. The van der Waals surface area contributed by atoms with Crippen LogP contribution in [0, 0.1) is 0 Å². The van der Waals surface area contributed by atoms with Gasteiger partial charge in [-0.1, -0.05) is 24.3 Å². The molecule has 0 aliphatic rings. The second kappa shape index (κ2) is 8.63. The van der Waals surface area contributed by atoms with Gasteiger partial charge in [0.15, 0.2) is 5.82 Å². The third kappa shape index (κ3) is 5.03. The maximum Gasteiger partial charge on any atom is 0.255 e. The van der Waals surface area contributed by atoms with E-state index in [1.807, 2.05) is 0 Å². The number of hydrogen-bond donors (Lipinski definition) is 3. The lowest BCUT2D eigenvalue weighted by molar-refractivity contribution is 0.102. The summed E-state index contributed by atoms with van der Waals surface area (Å²) in [6.45, 7) is 3.55. The zero-order chi connectivity index (χ0) is 20.9. The van der Waals surface area contributed by atoms with Crippen LogP contribution in [0.25, 0.3) is 11.4 Å². The fraction of sp³-hybridized carbons (Fsp3) is 0.0500. The maximum atomic E-state index is 12.5. The minimum absolute atomic E-state index is 0.0255. The molecule has 148 valence electrons. The van der Waals surface area contributed by atoms with Crippen LogP contribution in [-0.2, 0) is 10.0 Å². The zero-order valence-corrected chi connectivity index (χ0v) is 16.1. The maximum absolute atomic E-state index is 12.5. The lowest BCUT2D eigenvalue weighted by Crippen LogP contribution is -2.24. The van der Waals surface area contributed by atoms with E-state index in [-0.39, 0.29) is 22.8 Å². The molecule has 1 heterocycles. The van der Waals surface area contributed by atoms with Crippen LogP contribution in [0.5, 0.6) is 5.75 Å². The van der Waals surface area contributed by atoms with E-state index < -0.39 is 15.9 Å². The Morgan fingerprint density at radius 1 is 1.10 bits per heavy atom. The molecule has 0 unspecified atom stereocenters. The number of benzene rings is 2. The molecule has 29 heavy (non-hydrogen) atoms. The molecule has 3 N–H and O–H groups in total. The topological polar surface area (TPSA) is 121 Å². The number of phenols is 1. The number of carbonyl (C=O) groups excluding carboxylic acids is 1. The number of hydrogen-bond acceptors (Lipinski definition) is 6. The number of carbonyl (C=O) groups is 1. The Morgan fingerprint density at radius 2 is 1.83 bits per heavy atom. The van der Waals surface area contributed by atoms with Gasteiger partial charge in [-0.2, -0.15) is 0 Å². The van der Waals surface area contributed by atoms with Gasteiger partial charge in [-0.3, -0.25) is 4.79 Å². The van der Waals surface area contributed by atoms with E-state index in [4.69, 9.17) is 0 Å². The zero-order valence-electron chi connectivity index (χ0n) is 15.2. The Bertz CT molecular complexity index is 1150. The van der Waals surface area contributed by atoms with Gasteiger partial charge in [0.1, 0.15) is 5.75 Å². The molecule has 0 spiro atoms. The first-order valence-corrected chi connectivity index (χ1v) is 10.0. The van der Waals surface area contributed by atoms with Crippen LogP contribution in [0.3, 0.4) is 0 Å². The number of nitrogens with one attached hydrogen (secondary N) is 2. The van der Waals surface area contributed by atoms with Crippen molar-refractivity contribution in [3.05, 3.63) is 79.1 Å². The Morgan fingerprint density at radius 3 is 2.52 bits per heavy atom. The number of sulfonamides is 1. The molecule has 0 saturated heterocycles. The summed E-state index contributed by atoms with van der Waals surface area (Å²) in [6, 6.07) is 12.2. The van der Waals surface area contributed by atoms with E-state index in [0.29, 0.717) is 17.1 Å². The Labute approximate surface area is 168 Å². The average Bonchev–Trinajstić information content (AvgIpc) is 2.73. The monoisotopic (exact) mass is 410 g/mol. The molecule has 2 aromatic carbocycles. The molecule has 0 atom stereocenters. The van der Waals surface area contributed by atoms with Crippen molar-refractivity contribution in [1.29, 1.82) is 0 Å². The van der Waals surface area contributed by atoms with Crippen LogP contribution in [0.4, 0.5) is 5.69 Å². The minimum Gasteiger partial charge on any atom is -0.508 e. The fourth-order valence-electron chi connectivity index (χ4n) is 2.45. The summed E-state index contributed by atoms with van der Waals surface area (Å²) in [7, 11) is -3.74. The molecule has 3 aromatic rings. The number of phenolic OH excluding ortho intramolecular Hbond substituents is 1. The summed E-state index contributed by atoms with van der Waals surface area (Å²) in [5.74, 6) is -0.0133. The third-order valence-electron chi connectivity index (χ3n) is 3.84. The van der Waals surface area contributed by atoms with Crippen molar-refractivity contribution < 1.29 is 18.3 Å². The van der Waals surface area contributed by atoms with Crippen molar-refractivity contribution in [2.45, 2.75) is 4.90 Å². The molecule has 0 radical (unpaired) electrons. The predicted molar refractivity (Wildman–Crippen MR) is 109 cm³/mol. The van der Waals surface area contributed by atoms with Crippen molar-refractivity contribution in [2.75, 3.05) is 11.9 Å². The van der Waals surface area contributed by atoms with Crippen molar-refractivity contribution in [2.24, 2.45) is 0 Å². The van der Waals surface area contributed by atoms with Crippen LogP contribution < -0.4 is 10.0 Å². The highest BCUT2D eigenvalue weighted by atomic mass is 32.2. The highest BCUT2D eigenvalue weighted by molar-refractivity contribution is 7.89. The van der Waals surface area contributed by atoms with Gasteiger partial charge in [0.25, 0.3) is 5.91 Å². The molecular formula is C20H18N4O4S. The van der Waals surface area contributed by atoms with Crippen LogP contribution in [-0.4, -0.2) is 35.9 Å². The van der Waals surface area contributed by atoms with Crippen LogP contribution >= 0.6 is 0 Å². The molecule has 0 saturated carbocycles. The first-order valence-electron chi connectivity index (χ1n) is 8.52.